The summed E-state index contributed by atoms with van der Waals surface area (Å²) in [5.74, 6) is 0.941. The molecule has 0 fully saturated rings. The van der Waals surface area contributed by atoms with E-state index in [9.17, 15) is 10.1 Å². The van der Waals surface area contributed by atoms with Crippen molar-refractivity contribution in [1.82, 2.24) is 10.2 Å². The molecule has 0 aliphatic heterocycles. The Morgan fingerprint density at radius 2 is 1.54 bits per heavy atom. The Labute approximate surface area is 142 Å². The van der Waals surface area contributed by atoms with Gasteiger partial charge in [-0.2, -0.15) is 0 Å². The summed E-state index contributed by atoms with van der Waals surface area (Å²) in [4.78, 5) is 10.2. The molecule has 0 aliphatic carbocycles. The summed E-state index contributed by atoms with van der Waals surface area (Å²) in [7, 11) is 0. The molecule has 0 aliphatic rings. The molecule has 0 saturated carbocycles. The standard InChI is InChI=1S/C16H11ClN4O3/c17-15-9-10-16(20-19-15)24-14-7-3-12(4-8-14)18-11-1-5-13(6-2-11)21(22)23/h1-10,18H. The number of non-ortho nitro benzene ring substituents is 1. The molecule has 0 saturated heterocycles. The van der Waals surface area contributed by atoms with Gasteiger partial charge in [0.2, 0.25) is 5.88 Å². The molecule has 7 nitrogen and oxygen atoms in total. The van der Waals surface area contributed by atoms with Crippen LogP contribution in [0.2, 0.25) is 5.15 Å². The predicted octanol–water partition coefficient (Wildman–Crippen LogP) is 4.57. The summed E-state index contributed by atoms with van der Waals surface area (Å²) in [5, 5.41) is 21.6. The van der Waals surface area contributed by atoms with Crippen LogP contribution in [0.3, 0.4) is 0 Å². The Morgan fingerprint density at radius 1 is 0.917 bits per heavy atom. The highest BCUT2D eigenvalue weighted by molar-refractivity contribution is 6.29. The predicted molar refractivity (Wildman–Crippen MR) is 89.9 cm³/mol. The fraction of sp³-hybridized carbons (Fsp3) is 0. The van der Waals surface area contributed by atoms with Crippen molar-refractivity contribution in [3.8, 4) is 11.6 Å². The summed E-state index contributed by atoms with van der Waals surface area (Å²) in [6, 6.07) is 16.6. The monoisotopic (exact) mass is 342 g/mol. The number of nitrogens with zero attached hydrogens (tertiary/aromatic N) is 3. The van der Waals surface area contributed by atoms with Crippen LogP contribution in [-0.4, -0.2) is 15.1 Å². The van der Waals surface area contributed by atoms with Gasteiger partial charge in [0, 0.05) is 29.6 Å². The molecule has 2 aromatic carbocycles. The van der Waals surface area contributed by atoms with Gasteiger partial charge in [-0.15, -0.1) is 10.2 Å². The SMILES string of the molecule is O=[N+]([O-])c1ccc(Nc2ccc(Oc3ccc(Cl)nn3)cc2)cc1. The number of ether oxygens (including phenoxy) is 1. The first-order valence-corrected chi connectivity index (χ1v) is 7.26. The first kappa shape index (κ1) is 15.7. The highest BCUT2D eigenvalue weighted by atomic mass is 35.5. The van der Waals surface area contributed by atoms with Crippen LogP contribution in [0.5, 0.6) is 11.6 Å². The van der Waals surface area contributed by atoms with Crippen LogP contribution in [0, 0.1) is 10.1 Å². The van der Waals surface area contributed by atoms with Crippen molar-refractivity contribution in [2.45, 2.75) is 0 Å². The second kappa shape index (κ2) is 6.93. The molecule has 0 spiro atoms. The lowest BCUT2D eigenvalue weighted by Crippen LogP contribution is -1.93. The van der Waals surface area contributed by atoms with E-state index in [0.717, 1.165) is 11.4 Å². The van der Waals surface area contributed by atoms with Gasteiger partial charge in [-0.1, -0.05) is 11.6 Å². The van der Waals surface area contributed by atoms with E-state index in [-0.39, 0.29) is 5.69 Å². The topological polar surface area (TPSA) is 90.2 Å². The van der Waals surface area contributed by atoms with Crippen LogP contribution in [0.1, 0.15) is 0 Å². The second-order valence-corrected chi connectivity index (χ2v) is 5.14. The lowest BCUT2D eigenvalue weighted by molar-refractivity contribution is -0.384. The van der Waals surface area contributed by atoms with E-state index in [0.29, 0.717) is 16.8 Å². The largest absolute Gasteiger partial charge is 0.438 e. The van der Waals surface area contributed by atoms with E-state index >= 15 is 0 Å². The van der Waals surface area contributed by atoms with Gasteiger partial charge in [0.25, 0.3) is 5.69 Å². The van der Waals surface area contributed by atoms with E-state index in [1.54, 1.807) is 36.4 Å². The van der Waals surface area contributed by atoms with Gasteiger partial charge in [-0.3, -0.25) is 10.1 Å². The molecule has 1 N–H and O–H groups in total. The minimum Gasteiger partial charge on any atom is -0.438 e. The Kier molecular flexibility index (Phi) is 4.53. The average molecular weight is 343 g/mol. The molecule has 24 heavy (non-hydrogen) atoms. The van der Waals surface area contributed by atoms with Gasteiger partial charge in [0.1, 0.15) is 5.75 Å². The summed E-state index contributed by atoms with van der Waals surface area (Å²) in [6.07, 6.45) is 0. The van der Waals surface area contributed by atoms with E-state index in [1.807, 2.05) is 12.1 Å². The summed E-state index contributed by atoms with van der Waals surface area (Å²) in [6.45, 7) is 0. The number of nitrogens with one attached hydrogen (secondary N) is 1. The van der Waals surface area contributed by atoms with E-state index in [1.165, 1.54) is 12.1 Å². The zero-order valence-corrected chi connectivity index (χ0v) is 13.0. The van der Waals surface area contributed by atoms with Crippen molar-refractivity contribution in [1.29, 1.82) is 0 Å². The number of nitro groups is 1. The molecule has 1 aromatic heterocycles. The zero-order valence-electron chi connectivity index (χ0n) is 12.2. The second-order valence-electron chi connectivity index (χ2n) is 4.75. The van der Waals surface area contributed by atoms with Crippen LogP contribution in [0.4, 0.5) is 17.1 Å². The molecule has 3 rings (SSSR count). The van der Waals surface area contributed by atoms with Crippen molar-refractivity contribution >= 4 is 28.7 Å². The smallest absolute Gasteiger partial charge is 0.269 e. The fourth-order valence-corrected chi connectivity index (χ4v) is 2.02. The molecule has 0 bridgehead atoms. The summed E-state index contributed by atoms with van der Waals surface area (Å²) >= 11 is 5.66. The summed E-state index contributed by atoms with van der Waals surface area (Å²) in [5.41, 5.74) is 1.62. The number of halogens is 1. The van der Waals surface area contributed by atoms with E-state index in [2.05, 4.69) is 15.5 Å². The Balaban J connectivity index is 1.65. The van der Waals surface area contributed by atoms with Crippen LogP contribution in [-0.2, 0) is 0 Å². The lowest BCUT2D eigenvalue weighted by atomic mass is 10.2. The van der Waals surface area contributed by atoms with Gasteiger partial charge in [-0.05, 0) is 42.5 Å². The molecule has 8 heteroatoms. The van der Waals surface area contributed by atoms with Crippen LogP contribution >= 0.6 is 11.6 Å². The minimum absolute atomic E-state index is 0.0494. The van der Waals surface area contributed by atoms with Crippen LogP contribution < -0.4 is 10.1 Å². The Bertz CT molecular complexity index is 837. The van der Waals surface area contributed by atoms with Crippen molar-refractivity contribution in [3.05, 3.63) is 75.9 Å². The van der Waals surface area contributed by atoms with Crippen molar-refractivity contribution in [2.24, 2.45) is 0 Å². The summed E-state index contributed by atoms with van der Waals surface area (Å²) < 4.78 is 5.55. The van der Waals surface area contributed by atoms with Crippen molar-refractivity contribution < 1.29 is 9.66 Å². The third-order valence-electron chi connectivity index (χ3n) is 3.05. The van der Waals surface area contributed by atoms with E-state index in [4.69, 9.17) is 16.3 Å². The lowest BCUT2D eigenvalue weighted by Gasteiger charge is -2.08. The van der Waals surface area contributed by atoms with Gasteiger partial charge in [0.05, 0.1) is 4.92 Å². The molecule has 0 radical (unpaired) electrons. The van der Waals surface area contributed by atoms with Crippen LogP contribution in [0.15, 0.2) is 60.7 Å². The number of nitro benzene ring substituents is 1. The van der Waals surface area contributed by atoms with Gasteiger partial charge >= 0.3 is 0 Å². The third kappa shape index (κ3) is 3.96. The number of benzene rings is 2. The number of rotatable bonds is 5. The maximum atomic E-state index is 10.6. The maximum absolute atomic E-state index is 10.6. The molecular formula is C16H11ClN4O3. The molecule has 0 unspecified atom stereocenters. The molecule has 120 valence electrons. The molecule has 0 atom stereocenters. The van der Waals surface area contributed by atoms with Gasteiger partial charge in [0.15, 0.2) is 5.15 Å². The quantitative estimate of drug-likeness (QED) is 0.539. The van der Waals surface area contributed by atoms with Gasteiger partial charge < -0.3 is 10.1 Å². The average Bonchev–Trinajstić information content (AvgIpc) is 2.59. The normalized spacial score (nSPS) is 10.2. The zero-order chi connectivity index (χ0) is 16.9. The number of hydrogen-bond donors (Lipinski definition) is 1. The first-order chi connectivity index (χ1) is 11.6. The Morgan fingerprint density at radius 3 is 2.08 bits per heavy atom. The first-order valence-electron chi connectivity index (χ1n) is 6.89. The van der Waals surface area contributed by atoms with Crippen LogP contribution in [0.25, 0.3) is 0 Å². The molecule has 1 heterocycles. The third-order valence-corrected chi connectivity index (χ3v) is 3.25. The number of aromatic nitrogens is 2. The fourth-order valence-electron chi connectivity index (χ4n) is 1.92. The minimum atomic E-state index is -0.435. The van der Waals surface area contributed by atoms with E-state index < -0.39 is 4.92 Å². The highest BCUT2D eigenvalue weighted by Crippen LogP contribution is 2.24. The molecule has 0 amide bonds. The number of hydrogen-bond acceptors (Lipinski definition) is 6. The number of anilines is 2. The van der Waals surface area contributed by atoms with Crippen molar-refractivity contribution in [2.75, 3.05) is 5.32 Å². The molecule has 3 aromatic rings. The molecular weight excluding hydrogens is 332 g/mol. The highest BCUT2D eigenvalue weighted by Gasteiger charge is 2.04. The van der Waals surface area contributed by atoms with Gasteiger partial charge in [-0.25, -0.2) is 0 Å². The van der Waals surface area contributed by atoms with Crippen molar-refractivity contribution in [3.63, 3.8) is 0 Å². The Hall–Kier alpha value is -3.19. The maximum Gasteiger partial charge on any atom is 0.269 e.